The first-order valence-corrected chi connectivity index (χ1v) is 50.2. The molecule has 0 N–H and O–H groups in total. The highest BCUT2D eigenvalue weighted by Crippen LogP contribution is 2.58. The van der Waals surface area contributed by atoms with Crippen molar-refractivity contribution in [3.63, 3.8) is 0 Å². The molecule has 16 fully saturated rings. The Bertz CT molecular complexity index is 2920. The molecule has 0 spiro atoms. The fourth-order valence-electron chi connectivity index (χ4n) is 18.7. The molecule has 110 heavy (non-hydrogen) atoms. The van der Waals surface area contributed by atoms with E-state index in [0.29, 0.717) is 59.9 Å². The molecule has 10 nitrogen and oxygen atoms in total. The molecule has 0 aromatic heterocycles. The van der Waals surface area contributed by atoms with Gasteiger partial charge in [-0.05, 0) is 215 Å². The van der Waals surface area contributed by atoms with E-state index < -0.39 is 11.6 Å². The average Bonchev–Trinajstić information content (AvgIpc) is 1.74. The number of hydrogen-bond acceptors (Lipinski definition) is 16. The standard InChI is InChI=1S/C22H30O3S.C22H30O2S2.C21H28O3S.C21H28O2S2.4C2H6/c1-22(17-5-3-2-4-6-17,23-13-15-7-9-18-19(11-15)25-18)24-14-16-8-10-20-21(12-16)26-20;1-22(17-5-3-2-4-6-17,23-13-15-7-9-18-20(11-15)25-18)24-14-16-8-10-19-21(12-16)26-19;1-2-4-16(5-3-1)21(22-12-14-6-8-17-18(10-14)24-17)23-13-15-7-9-19-20(11-15)25-19;1-2-4-16(5-3-1)21(22-12-14-6-8-17-19(10-14)24-17)23-13-15-7-9-18-20(11-15)25-18;4*1-2/h2*2-6,15-16,18-21H,7-14H2,1H3;2*1-5,14-15,17-21H,6-13H2;4*1-2H3. The third-order valence-corrected chi connectivity index (χ3v) is 34.8. The van der Waals surface area contributed by atoms with E-state index in [1.54, 1.807) is 0 Å². The lowest BCUT2D eigenvalue weighted by Gasteiger charge is -2.34. The van der Waals surface area contributed by atoms with E-state index in [1.165, 1.54) is 147 Å². The molecule has 8 aliphatic carbocycles. The van der Waals surface area contributed by atoms with Gasteiger partial charge in [-0.15, -0.1) is 0 Å². The van der Waals surface area contributed by atoms with Crippen LogP contribution in [-0.2, 0) is 58.9 Å². The van der Waals surface area contributed by atoms with Gasteiger partial charge in [-0.1, -0.05) is 177 Å². The van der Waals surface area contributed by atoms with Crippen molar-refractivity contribution in [1.29, 1.82) is 0 Å². The van der Waals surface area contributed by atoms with Gasteiger partial charge >= 0.3 is 0 Å². The maximum atomic E-state index is 6.51. The molecule has 26 atom stereocenters. The van der Waals surface area contributed by atoms with Crippen molar-refractivity contribution in [2.24, 2.45) is 47.3 Å². The first kappa shape index (κ1) is 86.4. The van der Waals surface area contributed by atoms with Gasteiger partial charge in [0.25, 0.3) is 0 Å². The van der Waals surface area contributed by atoms with Crippen LogP contribution in [0.25, 0.3) is 0 Å². The lowest BCUT2D eigenvalue weighted by Crippen LogP contribution is -2.35. The Balaban J connectivity index is 0.000000125. The maximum absolute atomic E-state index is 6.51. The number of ether oxygens (including phenoxy) is 10. The van der Waals surface area contributed by atoms with Crippen LogP contribution in [0.2, 0.25) is 0 Å². The second-order valence-corrected chi connectivity index (χ2v) is 42.7. The molecular weight excluding hydrogens is 1480 g/mol. The quantitative estimate of drug-likeness (QED) is 0.0398. The predicted molar refractivity (Wildman–Crippen MR) is 466 cm³/mol. The zero-order valence-electron chi connectivity index (χ0n) is 68.7. The molecular formula is C94H140O10S6. The van der Waals surface area contributed by atoms with Gasteiger partial charge in [0.05, 0.1) is 77.3 Å². The van der Waals surface area contributed by atoms with Crippen molar-refractivity contribution >= 4 is 70.6 Å². The summed E-state index contributed by atoms with van der Waals surface area (Å²) in [4.78, 5) is 0. The second kappa shape index (κ2) is 43.0. The van der Waals surface area contributed by atoms with Crippen LogP contribution in [0.4, 0.5) is 0 Å². The first-order valence-electron chi connectivity index (χ1n) is 44.6. The normalized spacial score (nSPS) is 37.4. The summed E-state index contributed by atoms with van der Waals surface area (Å²) < 4.78 is 62.5. The van der Waals surface area contributed by atoms with Crippen LogP contribution in [0, 0.1) is 47.3 Å². The SMILES string of the molecule is CC.CC.CC.CC.CC(OCC1CCC2OC2C1)(OCC1CCC2SC2C1)c1ccccc1.CC(OCC1CCC2SC2C1)(OCC1CCC2SC2C1)c1ccccc1.c1ccc(C(OCC2CCC3OC3C2)OCC2CCC3SC3C2)cc1.c1ccc(C(OCC2CCC3SC3C2)OCC2CCC3SC3C2)cc1. The molecule has 20 rings (SSSR count). The van der Waals surface area contributed by atoms with Crippen LogP contribution in [-0.4, -0.2) is 140 Å². The Morgan fingerprint density at radius 3 is 0.727 bits per heavy atom. The summed E-state index contributed by atoms with van der Waals surface area (Å²) in [6.45, 7) is 26.8. The summed E-state index contributed by atoms with van der Waals surface area (Å²) in [5.41, 5.74) is 4.61. The number of hydrogen-bond donors (Lipinski definition) is 0. The summed E-state index contributed by atoms with van der Waals surface area (Å²) in [6, 6.07) is 42.0. The van der Waals surface area contributed by atoms with Crippen molar-refractivity contribution in [3.05, 3.63) is 144 Å². The Morgan fingerprint density at radius 1 is 0.264 bits per heavy atom. The predicted octanol–water partition coefficient (Wildman–Crippen LogP) is 24.2. The van der Waals surface area contributed by atoms with Gasteiger partial charge in [0, 0.05) is 85.3 Å². The van der Waals surface area contributed by atoms with E-state index in [9.17, 15) is 0 Å². The van der Waals surface area contributed by atoms with E-state index in [0.717, 1.165) is 157 Å². The monoisotopic (exact) mass is 1620 g/mol. The Labute approximate surface area is 691 Å². The van der Waals surface area contributed by atoms with E-state index in [1.807, 2.05) is 55.4 Å². The summed E-state index contributed by atoms with van der Waals surface area (Å²) in [6.07, 6.45) is 33.2. The minimum absolute atomic E-state index is 0.185. The van der Waals surface area contributed by atoms with E-state index in [2.05, 4.69) is 206 Å². The second-order valence-electron chi connectivity index (χ2n) is 33.8. The van der Waals surface area contributed by atoms with Crippen LogP contribution in [0.15, 0.2) is 121 Å². The topological polar surface area (TPSA) is 98.9 Å². The van der Waals surface area contributed by atoms with Gasteiger partial charge in [-0.3, -0.25) is 0 Å². The third-order valence-electron chi connectivity index (χ3n) is 26.0. The molecule has 0 bridgehead atoms. The molecule has 4 aromatic rings. The van der Waals surface area contributed by atoms with Crippen molar-refractivity contribution < 1.29 is 47.4 Å². The fraction of sp³-hybridized carbons (Fsp3) is 0.745. The van der Waals surface area contributed by atoms with Gasteiger partial charge in [-0.25, -0.2) is 0 Å². The molecule has 16 heteroatoms. The number of benzene rings is 4. The van der Waals surface area contributed by atoms with Crippen molar-refractivity contribution in [1.82, 2.24) is 0 Å². The van der Waals surface area contributed by atoms with Gasteiger partial charge < -0.3 is 47.4 Å². The Morgan fingerprint density at radius 2 is 0.482 bits per heavy atom. The molecule has 4 aromatic carbocycles. The maximum Gasteiger partial charge on any atom is 0.191 e. The molecule has 16 aliphatic rings. The fourth-order valence-corrected chi connectivity index (χ4v) is 26.3. The van der Waals surface area contributed by atoms with Gasteiger partial charge in [0.15, 0.2) is 24.2 Å². The molecule has 26 unspecified atom stereocenters. The molecule has 0 radical (unpaired) electrons. The number of thioether (sulfide) groups is 6. The number of rotatable bonds is 28. The summed E-state index contributed by atoms with van der Waals surface area (Å²) in [5, 5.41) is 11.4. The zero-order chi connectivity index (χ0) is 76.4. The minimum Gasteiger partial charge on any atom is -0.370 e. The molecule has 8 saturated heterocycles. The Hall–Kier alpha value is -1.42. The van der Waals surface area contributed by atoms with Crippen LogP contribution >= 0.6 is 70.6 Å². The smallest absolute Gasteiger partial charge is 0.191 e. The highest BCUT2D eigenvalue weighted by atomic mass is 32.2. The van der Waals surface area contributed by atoms with Crippen LogP contribution in [0.1, 0.15) is 258 Å². The first-order chi connectivity index (χ1) is 54.1. The molecule has 612 valence electrons. The highest BCUT2D eigenvalue weighted by molar-refractivity contribution is 8.08. The lowest BCUT2D eigenvalue weighted by atomic mass is 9.89. The third kappa shape index (κ3) is 25.8. The molecule has 8 heterocycles. The van der Waals surface area contributed by atoms with Crippen molar-refractivity contribution in [2.45, 2.75) is 335 Å². The van der Waals surface area contributed by atoms with E-state index in [4.69, 9.17) is 47.4 Å². The molecule has 8 aliphatic heterocycles. The molecule has 0 amide bonds. The van der Waals surface area contributed by atoms with Crippen molar-refractivity contribution in [3.8, 4) is 0 Å². The summed E-state index contributed by atoms with van der Waals surface area (Å²) in [7, 11) is 0. The number of epoxide rings is 2. The van der Waals surface area contributed by atoms with Crippen LogP contribution in [0.3, 0.4) is 0 Å². The van der Waals surface area contributed by atoms with Crippen molar-refractivity contribution in [2.75, 3.05) is 52.9 Å². The van der Waals surface area contributed by atoms with E-state index in [-0.39, 0.29) is 12.6 Å². The highest BCUT2D eigenvalue weighted by Gasteiger charge is 2.50. The summed E-state index contributed by atoms with van der Waals surface area (Å²) in [5.74, 6) is 4.23. The van der Waals surface area contributed by atoms with Gasteiger partial charge in [0.2, 0.25) is 0 Å². The van der Waals surface area contributed by atoms with Gasteiger partial charge in [-0.2, -0.15) is 70.6 Å². The van der Waals surface area contributed by atoms with E-state index >= 15 is 0 Å². The zero-order valence-corrected chi connectivity index (χ0v) is 73.6. The van der Waals surface area contributed by atoms with Crippen LogP contribution in [0.5, 0.6) is 0 Å². The largest absolute Gasteiger partial charge is 0.370 e. The summed E-state index contributed by atoms with van der Waals surface area (Å²) >= 11 is 13.0. The Kier molecular flexibility index (Phi) is 33.8. The van der Waals surface area contributed by atoms with Gasteiger partial charge in [0.1, 0.15) is 0 Å². The molecule has 8 saturated carbocycles. The number of fused-ring (bicyclic) bond motifs is 8. The lowest BCUT2D eigenvalue weighted by molar-refractivity contribution is -0.247. The minimum atomic E-state index is -0.643. The van der Waals surface area contributed by atoms with Crippen LogP contribution < -0.4 is 0 Å². The average molecular weight is 1620 g/mol.